The molecule has 2 saturated carbocycles. The van der Waals surface area contributed by atoms with Crippen LogP contribution in [0.2, 0.25) is 0 Å². The van der Waals surface area contributed by atoms with E-state index in [0.717, 1.165) is 45.4 Å². The molecule has 4 aliphatic rings. The highest BCUT2D eigenvalue weighted by atomic mass is 127. The molecule has 1 spiro atoms. The molecular weight excluding hydrogens is 491 g/mol. The van der Waals surface area contributed by atoms with Gasteiger partial charge in [0.05, 0.1) is 18.8 Å². The number of piperidine rings is 1. The number of hydrogen-bond acceptors (Lipinski definition) is 4. The molecule has 2 saturated heterocycles. The van der Waals surface area contributed by atoms with Crippen molar-refractivity contribution in [2.45, 2.75) is 90.0 Å². The van der Waals surface area contributed by atoms with Crippen molar-refractivity contribution in [3.05, 3.63) is 0 Å². The quantitative estimate of drug-likeness (QED) is 0.298. The number of fused-ring (bicyclic) bond motifs is 2. The number of nitrogens with zero attached hydrogens (tertiary/aromatic N) is 2. The van der Waals surface area contributed by atoms with Gasteiger partial charge in [-0.3, -0.25) is 4.99 Å². The normalized spacial score (nSPS) is 31.5. The summed E-state index contributed by atoms with van der Waals surface area (Å²) >= 11 is 0. The molecule has 2 aliphatic carbocycles. The minimum atomic E-state index is 0. The minimum Gasteiger partial charge on any atom is -0.377 e. The molecule has 7 heteroatoms. The van der Waals surface area contributed by atoms with Crippen LogP contribution in [-0.4, -0.2) is 74.5 Å². The first-order valence-electron chi connectivity index (χ1n) is 12.2. The van der Waals surface area contributed by atoms with Crippen LogP contribution in [0, 0.1) is 11.3 Å². The van der Waals surface area contributed by atoms with Crippen LogP contribution in [0.3, 0.4) is 0 Å². The Kier molecular flexibility index (Phi) is 9.11. The van der Waals surface area contributed by atoms with Gasteiger partial charge >= 0.3 is 0 Å². The van der Waals surface area contributed by atoms with Gasteiger partial charge in [0.2, 0.25) is 0 Å². The van der Waals surface area contributed by atoms with Crippen molar-refractivity contribution in [2.24, 2.45) is 16.3 Å². The van der Waals surface area contributed by atoms with Crippen molar-refractivity contribution < 1.29 is 9.47 Å². The summed E-state index contributed by atoms with van der Waals surface area (Å²) in [6, 6.07) is 1.06. The number of rotatable bonds is 7. The van der Waals surface area contributed by atoms with E-state index in [4.69, 9.17) is 14.5 Å². The van der Waals surface area contributed by atoms with Crippen LogP contribution in [0.15, 0.2) is 4.99 Å². The number of nitrogens with one attached hydrogen (secondary N) is 2. The molecule has 0 radical (unpaired) electrons. The fraction of sp³-hybridized carbons (Fsp3) is 0.957. The van der Waals surface area contributed by atoms with E-state index in [1.165, 1.54) is 44.9 Å². The highest BCUT2D eigenvalue weighted by Gasteiger charge is 2.65. The Morgan fingerprint density at radius 2 is 1.90 bits per heavy atom. The highest BCUT2D eigenvalue weighted by molar-refractivity contribution is 14.0. The first-order valence-corrected chi connectivity index (χ1v) is 12.2. The molecule has 174 valence electrons. The summed E-state index contributed by atoms with van der Waals surface area (Å²) in [6.45, 7) is 12.3. The predicted octanol–water partition coefficient (Wildman–Crippen LogP) is 3.40. The molecular formula is C23H43IN4O2. The Morgan fingerprint density at radius 3 is 2.57 bits per heavy atom. The molecule has 0 amide bonds. The number of ether oxygens (including phenoxy) is 2. The van der Waals surface area contributed by atoms with E-state index in [-0.39, 0.29) is 24.0 Å². The van der Waals surface area contributed by atoms with Gasteiger partial charge in [0.15, 0.2) is 5.96 Å². The van der Waals surface area contributed by atoms with Crippen LogP contribution in [0.1, 0.15) is 65.7 Å². The summed E-state index contributed by atoms with van der Waals surface area (Å²) in [6.07, 6.45) is 9.75. The molecule has 4 rings (SSSR count). The average Bonchev–Trinajstić information content (AvgIpc) is 3.36. The van der Waals surface area contributed by atoms with Gasteiger partial charge in [0, 0.05) is 56.2 Å². The summed E-state index contributed by atoms with van der Waals surface area (Å²) in [4.78, 5) is 7.35. The Hall–Kier alpha value is -0.120. The van der Waals surface area contributed by atoms with Crippen molar-refractivity contribution >= 4 is 29.9 Å². The van der Waals surface area contributed by atoms with E-state index in [1.807, 2.05) is 0 Å². The van der Waals surface area contributed by atoms with E-state index in [2.05, 4.69) is 36.3 Å². The lowest BCUT2D eigenvalue weighted by Crippen LogP contribution is -2.69. The summed E-state index contributed by atoms with van der Waals surface area (Å²) in [5.74, 6) is 1.72. The van der Waals surface area contributed by atoms with E-state index in [1.54, 1.807) is 0 Å². The van der Waals surface area contributed by atoms with Gasteiger partial charge < -0.3 is 25.0 Å². The van der Waals surface area contributed by atoms with Gasteiger partial charge in [-0.25, -0.2) is 0 Å². The number of likely N-dealkylation sites (tertiary alicyclic amines) is 1. The fourth-order valence-electron chi connectivity index (χ4n) is 6.25. The van der Waals surface area contributed by atoms with Crippen molar-refractivity contribution in [1.82, 2.24) is 15.5 Å². The van der Waals surface area contributed by atoms with Gasteiger partial charge in [0.25, 0.3) is 0 Å². The molecule has 2 aliphatic heterocycles. The molecule has 3 unspecified atom stereocenters. The van der Waals surface area contributed by atoms with Gasteiger partial charge in [0.1, 0.15) is 0 Å². The Morgan fingerprint density at radius 1 is 1.17 bits per heavy atom. The van der Waals surface area contributed by atoms with Crippen LogP contribution in [0.4, 0.5) is 0 Å². The molecule has 3 atom stereocenters. The van der Waals surface area contributed by atoms with E-state index in [9.17, 15) is 0 Å². The van der Waals surface area contributed by atoms with Crippen LogP contribution in [0.25, 0.3) is 0 Å². The molecule has 0 aromatic heterocycles. The third-order valence-corrected chi connectivity index (χ3v) is 7.68. The lowest BCUT2D eigenvalue weighted by atomic mass is 9.54. The third-order valence-electron chi connectivity index (χ3n) is 7.68. The van der Waals surface area contributed by atoms with Gasteiger partial charge in [-0.1, -0.05) is 12.8 Å². The second-order valence-corrected chi connectivity index (χ2v) is 9.81. The largest absolute Gasteiger partial charge is 0.377 e. The first-order chi connectivity index (χ1) is 14.1. The predicted molar refractivity (Wildman–Crippen MR) is 133 cm³/mol. The minimum absolute atomic E-state index is 0. The van der Waals surface area contributed by atoms with Crippen molar-refractivity contribution in [3.63, 3.8) is 0 Å². The highest BCUT2D eigenvalue weighted by Crippen LogP contribution is 2.60. The lowest BCUT2D eigenvalue weighted by Gasteiger charge is -2.57. The summed E-state index contributed by atoms with van der Waals surface area (Å²) in [7, 11) is 0. The van der Waals surface area contributed by atoms with Crippen LogP contribution >= 0.6 is 24.0 Å². The zero-order chi connectivity index (χ0) is 20.3. The maximum Gasteiger partial charge on any atom is 0.191 e. The summed E-state index contributed by atoms with van der Waals surface area (Å²) < 4.78 is 11.9. The Balaban J connectivity index is 0.00000256. The fourth-order valence-corrected chi connectivity index (χ4v) is 6.25. The Labute approximate surface area is 200 Å². The maximum atomic E-state index is 6.15. The molecule has 0 aromatic carbocycles. The number of hydrogen-bond donors (Lipinski definition) is 2. The second kappa shape index (κ2) is 11.1. The third kappa shape index (κ3) is 5.26. The van der Waals surface area contributed by atoms with Crippen molar-refractivity contribution in [3.8, 4) is 0 Å². The number of aliphatic imine (C=N–C) groups is 1. The van der Waals surface area contributed by atoms with Crippen LogP contribution < -0.4 is 10.6 Å². The average molecular weight is 535 g/mol. The monoisotopic (exact) mass is 534 g/mol. The molecule has 0 aromatic rings. The topological polar surface area (TPSA) is 58.1 Å². The number of halogens is 1. The summed E-state index contributed by atoms with van der Waals surface area (Å²) in [5.41, 5.74) is 0.372. The van der Waals surface area contributed by atoms with E-state index in [0.29, 0.717) is 35.6 Å². The summed E-state index contributed by atoms with van der Waals surface area (Å²) in [5, 5.41) is 7.67. The first kappa shape index (κ1) is 24.5. The molecule has 4 fully saturated rings. The van der Waals surface area contributed by atoms with Gasteiger partial charge in [-0.05, 0) is 52.9 Å². The van der Waals surface area contributed by atoms with Gasteiger partial charge in [-0.2, -0.15) is 0 Å². The van der Waals surface area contributed by atoms with Crippen molar-refractivity contribution in [1.29, 1.82) is 0 Å². The zero-order valence-electron chi connectivity index (χ0n) is 19.2. The molecule has 2 heterocycles. The van der Waals surface area contributed by atoms with Crippen LogP contribution in [-0.2, 0) is 9.47 Å². The SMILES string of the molecule is CCN=C(NC1CCN(CCOC(C)C)CC1)NC1C2CCOC2C12CCCC2.I. The standard InChI is InChI=1S/C23H42N4O2.HI/c1-4-24-22(25-18-7-12-27(13-8-18)14-16-28-17(2)3)26-20-19-9-15-29-21(19)23(20)10-5-6-11-23;/h17-21H,4-16H2,1-3H3,(H2,24,25,26);1H. The van der Waals surface area contributed by atoms with Crippen molar-refractivity contribution in [2.75, 3.05) is 39.4 Å². The number of guanidine groups is 1. The molecule has 2 N–H and O–H groups in total. The lowest BCUT2D eigenvalue weighted by molar-refractivity contribution is -0.125. The Bertz CT molecular complexity index is 559. The zero-order valence-corrected chi connectivity index (χ0v) is 21.5. The van der Waals surface area contributed by atoms with Crippen LogP contribution in [0.5, 0.6) is 0 Å². The van der Waals surface area contributed by atoms with E-state index >= 15 is 0 Å². The molecule has 0 bridgehead atoms. The molecule has 6 nitrogen and oxygen atoms in total. The second-order valence-electron chi connectivity index (χ2n) is 9.81. The van der Waals surface area contributed by atoms with Gasteiger partial charge in [-0.15, -0.1) is 24.0 Å². The smallest absolute Gasteiger partial charge is 0.191 e. The molecule has 30 heavy (non-hydrogen) atoms. The van der Waals surface area contributed by atoms with E-state index < -0.39 is 0 Å². The maximum absolute atomic E-state index is 6.15.